The Bertz CT molecular complexity index is 1230. The summed E-state index contributed by atoms with van der Waals surface area (Å²) in [6.45, 7) is 5.27. The molecule has 37 heavy (non-hydrogen) atoms. The smallest absolute Gasteiger partial charge is 0.270 e. The van der Waals surface area contributed by atoms with Crippen LogP contribution in [0, 0.1) is 0 Å². The molecule has 1 unspecified atom stereocenters. The van der Waals surface area contributed by atoms with Crippen molar-refractivity contribution in [2.75, 3.05) is 44.2 Å². The summed E-state index contributed by atoms with van der Waals surface area (Å²) in [5, 5.41) is 4.52. The van der Waals surface area contributed by atoms with Crippen molar-refractivity contribution in [3.63, 3.8) is 0 Å². The zero-order chi connectivity index (χ0) is 25.8. The van der Waals surface area contributed by atoms with Crippen LogP contribution < -0.4 is 10.2 Å². The summed E-state index contributed by atoms with van der Waals surface area (Å²) < 4.78 is 0. The molecule has 1 aromatic heterocycles. The number of anilines is 1. The van der Waals surface area contributed by atoms with Crippen molar-refractivity contribution in [2.24, 2.45) is 0 Å². The molecule has 3 aromatic rings. The standard InChI is InChI=1S/C28H29Cl2N5O2/c29-22-4-1-20(2-5-22)18-33-12-11-24(19-33)32-27(36)26-10-3-21(17-31-26)28(37)35-15-13-34(14-16-35)25-8-6-23(30)7-9-25/h1-10,17,24H,11-16,18-19H2,(H,32,36). The maximum atomic E-state index is 13.0. The first-order valence-corrected chi connectivity index (χ1v) is 13.2. The Kier molecular flexibility index (Phi) is 7.93. The van der Waals surface area contributed by atoms with E-state index in [2.05, 4.69) is 20.1 Å². The minimum Gasteiger partial charge on any atom is -0.368 e. The lowest BCUT2D eigenvalue weighted by molar-refractivity contribution is 0.0745. The summed E-state index contributed by atoms with van der Waals surface area (Å²) in [6, 6.07) is 19.0. The highest BCUT2D eigenvalue weighted by Gasteiger charge is 2.26. The fraction of sp³-hybridized carbons (Fsp3) is 0.321. The van der Waals surface area contributed by atoms with Gasteiger partial charge in [0, 0.05) is 73.8 Å². The third-order valence-corrected chi connectivity index (χ3v) is 7.43. The molecule has 0 aliphatic carbocycles. The van der Waals surface area contributed by atoms with Crippen molar-refractivity contribution in [1.82, 2.24) is 20.1 Å². The maximum absolute atomic E-state index is 13.0. The largest absolute Gasteiger partial charge is 0.368 e. The Hall–Kier alpha value is -3.13. The third-order valence-electron chi connectivity index (χ3n) is 6.93. The molecule has 7 nitrogen and oxygen atoms in total. The van der Waals surface area contributed by atoms with Gasteiger partial charge in [-0.25, -0.2) is 0 Å². The van der Waals surface area contributed by atoms with Crippen molar-refractivity contribution in [1.29, 1.82) is 0 Å². The molecule has 0 saturated carbocycles. The molecule has 0 radical (unpaired) electrons. The number of likely N-dealkylation sites (tertiary alicyclic amines) is 1. The van der Waals surface area contributed by atoms with Gasteiger partial charge in [-0.15, -0.1) is 0 Å². The minimum atomic E-state index is -0.214. The second-order valence-electron chi connectivity index (χ2n) is 9.51. The van der Waals surface area contributed by atoms with E-state index in [1.807, 2.05) is 53.4 Å². The molecular formula is C28H29Cl2N5O2. The summed E-state index contributed by atoms with van der Waals surface area (Å²) in [5.41, 5.74) is 3.11. The first-order valence-electron chi connectivity index (χ1n) is 12.5. The van der Waals surface area contributed by atoms with Crippen molar-refractivity contribution < 1.29 is 9.59 Å². The van der Waals surface area contributed by atoms with Crippen LogP contribution in [-0.2, 0) is 6.54 Å². The van der Waals surface area contributed by atoms with E-state index in [-0.39, 0.29) is 17.9 Å². The van der Waals surface area contributed by atoms with E-state index < -0.39 is 0 Å². The number of carbonyl (C=O) groups is 2. The average molecular weight is 538 g/mol. The molecule has 9 heteroatoms. The molecule has 5 rings (SSSR count). The van der Waals surface area contributed by atoms with Gasteiger partial charge in [-0.05, 0) is 60.5 Å². The molecule has 1 N–H and O–H groups in total. The van der Waals surface area contributed by atoms with E-state index in [1.54, 1.807) is 12.1 Å². The lowest BCUT2D eigenvalue weighted by Crippen LogP contribution is -2.48. The van der Waals surface area contributed by atoms with E-state index in [4.69, 9.17) is 23.2 Å². The monoisotopic (exact) mass is 537 g/mol. The fourth-order valence-electron chi connectivity index (χ4n) is 4.86. The number of hydrogen-bond acceptors (Lipinski definition) is 5. The van der Waals surface area contributed by atoms with Gasteiger partial charge in [0.05, 0.1) is 5.56 Å². The lowest BCUT2D eigenvalue weighted by Gasteiger charge is -2.36. The van der Waals surface area contributed by atoms with Crippen LogP contribution in [0.15, 0.2) is 66.9 Å². The Morgan fingerprint density at radius 3 is 2.19 bits per heavy atom. The molecule has 2 aromatic carbocycles. The van der Waals surface area contributed by atoms with Gasteiger partial charge >= 0.3 is 0 Å². The predicted molar refractivity (Wildman–Crippen MR) is 146 cm³/mol. The highest BCUT2D eigenvalue weighted by atomic mass is 35.5. The average Bonchev–Trinajstić information content (AvgIpc) is 3.36. The van der Waals surface area contributed by atoms with E-state index in [0.717, 1.165) is 49.9 Å². The lowest BCUT2D eigenvalue weighted by atomic mass is 10.2. The molecule has 1 atom stereocenters. The third kappa shape index (κ3) is 6.42. The van der Waals surface area contributed by atoms with Gasteiger partial charge in [-0.2, -0.15) is 0 Å². The predicted octanol–water partition coefficient (Wildman–Crippen LogP) is 4.36. The number of pyridine rings is 1. The van der Waals surface area contributed by atoms with Crippen molar-refractivity contribution in [3.05, 3.63) is 93.7 Å². The number of amides is 2. The molecule has 2 fully saturated rings. The number of nitrogens with zero attached hydrogens (tertiary/aromatic N) is 4. The Morgan fingerprint density at radius 2 is 1.54 bits per heavy atom. The van der Waals surface area contributed by atoms with Crippen LogP contribution in [0.3, 0.4) is 0 Å². The first kappa shape index (κ1) is 25.5. The van der Waals surface area contributed by atoms with Crippen molar-refractivity contribution >= 4 is 40.7 Å². The summed E-state index contributed by atoms with van der Waals surface area (Å²) in [4.78, 5) is 36.4. The van der Waals surface area contributed by atoms with Gasteiger partial charge in [-0.3, -0.25) is 19.5 Å². The van der Waals surface area contributed by atoms with E-state index in [9.17, 15) is 9.59 Å². The summed E-state index contributed by atoms with van der Waals surface area (Å²) in [5.74, 6) is -0.280. The van der Waals surface area contributed by atoms with Gasteiger partial charge in [0.1, 0.15) is 5.69 Å². The van der Waals surface area contributed by atoms with Crippen LogP contribution >= 0.6 is 23.2 Å². The molecule has 2 aliphatic heterocycles. The highest BCUT2D eigenvalue weighted by molar-refractivity contribution is 6.30. The SMILES string of the molecule is O=C(NC1CCN(Cc2ccc(Cl)cc2)C1)c1ccc(C(=O)N2CCN(c3ccc(Cl)cc3)CC2)cn1. The fourth-order valence-corrected chi connectivity index (χ4v) is 5.11. The van der Waals surface area contributed by atoms with Crippen LogP contribution in [-0.4, -0.2) is 71.9 Å². The van der Waals surface area contributed by atoms with Gasteiger partial charge in [0.15, 0.2) is 0 Å². The first-order chi connectivity index (χ1) is 17.9. The number of nitrogens with one attached hydrogen (secondary N) is 1. The number of halogens is 2. The highest BCUT2D eigenvalue weighted by Crippen LogP contribution is 2.20. The number of hydrogen-bond donors (Lipinski definition) is 1. The summed E-state index contributed by atoms with van der Waals surface area (Å²) in [7, 11) is 0. The Labute approximate surface area is 227 Å². The Morgan fingerprint density at radius 1 is 0.865 bits per heavy atom. The molecule has 192 valence electrons. The number of aromatic nitrogens is 1. The molecule has 2 amide bonds. The quantitative estimate of drug-likeness (QED) is 0.506. The van der Waals surface area contributed by atoms with Crippen LogP contribution in [0.1, 0.15) is 32.8 Å². The number of carbonyl (C=O) groups excluding carboxylic acids is 2. The summed E-state index contributed by atoms with van der Waals surface area (Å²) >= 11 is 12.0. The molecule has 0 spiro atoms. The number of piperazine rings is 1. The van der Waals surface area contributed by atoms with Gasteiger partial charge in [0.2, 0.25) is 0 Å². The minimum absolute atomic E-state index is 0.0659. The van der Waals surface area contributed by atoms with Gasteiger partial charge < -0.3 is 15.1 Å². The Balaban J connectivity index is 1.10. The molecule has 2 aliphatic rings. The second kappa shape index (κ2) is 11.5. The summed E-state index contributed by atoms with van der Waals surface area (Å²) in [6.07, 6.45) is 2.39. The molecule has 2 saturated heterocycles. The molecule has 3 heterocycles. The molecular weight excluding hydrogens is 509 g/mol. The zero-order valence-corrected chi connectivity index (χ0v) is 22.0. The molecule has 0 bridgehead atoms. The van der Waals surface area contributed by atoms with Crippen molar-refractivity contribution in [3.8, 4) is 0 Å². The van der Waals surface area contributed by atoms with Gasteiger partial charge in [-0.1, -0.05) is 35.3 Å². The van der Waals surface area contributed by atoms with E-state index in [0.29, 0.717) is 29.4 Å². The maximum Gasteiger partial charge on any atom is 0.270 e. The second-order valence-corrected chi connectivity index (χ2v) is 10.4. The number of benzene rings is 2. The topological polar surface area (TPSA) is 68.8 Å². The van der Waals surface area contributed by atoms with Crippen LogP contribution in [0.2, 0.25) is 10.0 Å². The number of rotatable bonds is 6. The normalized spacial score (nSPS) is 18.2. The zero-order valence-electron chi connectivity index (χ0n) is 20.4. The van der Waals surface area contributed by atoms with Crippen LogP contribution in [0.4, 0.5) is 5.69 Å². The van der Waals surface area contributed by atoms with Crippen LogP contribution in [0.25, 0.3) is 0 Å². The van der Waals surface area contributed by atoms with Crippen LogP contribution in [0.5, 0.6) is 0 Å². The van der Waals surface area contributed by atoms with E-state index >= 15 is 0 Å². The van der Waals surface area contributed by atoms with Crippen molar-refractivity contribution in [2.45, 2.75) is 19.0 Å². The van der Waals surface area contributed by atoms with E-state index in [1.165, 1.54) is 11.8 Å². The van der Waals surface area contributed by atoms with Gasteiger partial charge in [0.25, 0.3) is 11.8 Å².